The zero-order valence-electron chi connectivity index (χ0n) is 17.2. The Labute approximate surface area is 172 Å². The minimum Gasteiger partial charge on any atom is -0.370 e. The van der Waals surface area contributed by atoms with Crippen LogP contribution in [0.15, 0.2) is 36.9 Å². The third-order valence-corrected chi connectivity index (χ3v) is 5.93. The number of nitrogens with zero attached hydrogens (tertiary/aromatic N) is 5. The van der Waals surface area contributed by atoms with Gasteiger partial charge in [-0.15, -0.1) is 0 Å². The lowest BCUT2D eigenvalue weighted by Gasteiger charge is -2.35. The monoisotopic (exact) mass is 397 g/mol. The van der Waals surface area contributed by atoms with Crippen molar-refractivity contribution in [1.29, 1.82) is 0 Å². The Morgan fingerprint density at radius 3 is 2.72 bits per heavy atom. The molecule has 2 fully saturated rings. The van der Waals surface area contributed by atoms with Crippen molar-refractivity contribution < 1.29 is 9.53 Å². The summed E-state index contributed by atoms with van der Waals surface area (Å²) in [7, 11) is 1.92. The molecule has 2 aliphatic rings. The summed E-state index contributed by atoms with van der Waals surface area (Å²) in [4.78, 5) is 21.6. The van der Waals surface area contributed by atoms with Crippen LogP contribution in [0.3, 0.4) is 0 Å². The second kappa shape index (κ2) is 9.50. The summed E-state index contributed by atoms with van der Waals surface area (Å²) >= 11 is 0. The summed E-state index contributed by atoms with van der Waals surface area (Å²) in [5.41, 5.74) is 2.18. The summed E-state index contributed by atoms with van der Waals surface area (Å²) in [5, 5.41) is 4.26. The van der Waals surface area contributed by atoms with E-state index in [2.05, 4.69) is 19.9 Å². The topological polar surface area (TPSA) is 63.5 Å². The van der Waals surface area contributed by atoms with Crippen molar-refractivity contribution in [3.63, 3.8) is 0 Å². The van der Waals surface area contributed by atoms with E-state index >= 15 is 0 Å². The molecule has 0 unspecified atom stereocenters. The van der Waals surface area contributed by atoms with Crippen molar-refractivity contribution in [3.8, 4) is 0 Å². The van der Waals surface area contributed by atoms with Crippen LogP contribution < -0.4 is 0 Å². The molecule has 7 nitrogen and oxygen atoms in total. The van der Waals surface area contributed by atoms with E-state index in [1.165, 1.54) is 19.3 Å². The van der Waals surface area contributed by atoms with Gasteiger partial charge in [-0.1, -0.05) is 25.3 Å². The molecule has 0 spiro atoms. The summed E-state index contributed by atoms with van der Waals surface area (Å²) in [5.74, 6) is 0.230. The van der Waals surface area contributed by atoms with Gasteiger partial charge < -0.3 is 9.64 Å². The predicted molar refractivity (Wildman–Crippen MR) is 110 cm³/mol. The highest BCUT2D eigenvalue weighted by atomic mass is 16.5. The molecule has 29 heavy (non-hydrogen) atoms. The van der Waals surface area contributed by atoms with Gasteiger partial charge in [-0.3, -0.25) is 19.4 Å². The maximum atomic E-state index is 13.1. The van der Waals surface area contributed by atoms with Gasteiger partial charge in [0.2, 0.25) is 5.91 Å². The number of rotatable bonds is 6. The molecule has 3 heterocycles. The average molecular weight is 398 g/mol. The lowest BCUT2D eigenvalue weighted by atomic mass is 9.94. The number of aromatic nitrogens is 3. The third kappa shape index (κ3) is 5.42. The summed E-state index contributed by atoms with van der Waals surface area (Å²) in [6.07, 6.45) is 13.4. The van der Waals surface area contributed by atoms with E-state index in [4.69, 9.17) is 4.74 Å². The number of carbonyl (C=O) groups is 1. The Hall–Kier alpha value is -2.25. The first-order valence-corrected chi connectivity index (χ1v) is 10.7. The summed E-state index contributed by atoms with van der Waals surface area (Å²) in [6.45, 7) is 3.09. The van der Waals surface area contributed by atoms with Crippen LogP contribution >= 0.6 is 0 Å². The van der Waals surface area contributed by atoms with Crippen molar-refractivity contribution in [2.24, 2.45) is 7.05 Å². The molecule has 1 atom stereocenters. The van der Waals surface area contributed by atoms with Gasteiger partial charge in [0.05, 0.1) is 25.5 Å². The summed E-state index contributed by atoms with van der Waals surface area (Å²) < 4.78 is 8.10. The third-order valence-electron chi connectivity index (χ3n) is 5.93. The number of hydrogen-bond donors (Lipinski definition) is 0. The maximum absolute atomic E-state index is 13.1. The maximum Gasteiger partial charge on any atom is 0.237 e. The Morgan fingerprint density at radius 2 is 2.00 bits per heavy atom. The molecule has 1 aliphatic heterocycles. The Balaban J connectivity index is 1.47. The van der Waals surface area contributed by atoms with Gasteiger partial charge in [-0.25, -0.2) is 0 Å². The normalized spacial score (nSPS) is 22.0. The number of amides is 1. The highest BCUT2D eigenvalue weighted by molar-refractivity contribution is 5.79. The van der Waals surface area contributed by atoms with Gasteiger partial charge in [0, 0.05) is 56.9 Å². The first-order valence-electron chi connectivity index (χ1n) is 10.7. The molecule has 1 saturated carbocycles. The average Bonchev–Trinajstić information content (AvgIpc) is 3.07. The van der Waals surface area contributed by atoms with Crippen LogP contribution in [0.25, 0.3) is 0 Å². The number of hydrogen-bond acceptors (Lipinski definition) is 5. The fourth-order valence-electron chi connectivity index (χ4n) is 4.49. The predicted octanol–water partition coefficient (Wildman–Crippen LogP) is 2.38. The van der Waals surface area contributed by atoms with Crippen molar-refractivity contribution in [3.05, 3.63) is 48.0 Å². The molecule has 7 heteroatoms. The van der Waals surface area contributed by atoms with Crippen LogP contribution in [0.1, 0.15) is 43.2 Å². The number of carbonyl (C=O) groups excluding carboxylic acids is 1. The molecule has 1 amide bonds. The van der Waals surface area contributed by atoms with Gasteiger partial charge in [-0.05, 0) is 24.5 Å². The SMILES string of the molecule is Cn1cc(CN2CC(=O)N(C3CCCCC3)C[C@H](OCc3cccnc3)C2)cn1. The fraction of sp³-hybridized carbons (Fsp3) is 0.591. The van der Waals surface area contributed by atoms with Gasteiger partial charge in [0.1, 0.15) is 0 Å². The molecular formula is C22H31N5O2. The van der Waals surface area contributed by atoms with E-state index in [1.54, 1.807) is 10.9 Å². The molecule has 1 saturated heterocycles. The number of aryl methyl sites for hydroxylation is 1. The van der Waals surface area contributed by atoms with Crippen LogP contribution in [-0.4, -0.2) is 62.3 Å². The lowest BCUT2D eigenvalue weighted by Crippen LogP contribution is -2.45. The van der Waals surface area contributed by atoms with Crippen molar-refractivity contribution in [1.82, 2.24) is 24.6 Å². The van der Waals surface area contributed by atoms with Crippen LogP contribution in [0.4, 0.5) is 0 Å². The van der Waals surface area contributed by atoms with E-state index in [0.29, 0.717) is 32.3 Å². The van der Waals surface area contributed by atoms with Gasteiger partial charge in [0.25, 0.3) is 0 Å². The van der Waals surface area contributed by atoms with Crippen LogP contribution in [0, 0.1) is 0 Å². The second-order valence-corrected chi connectivity index (χ2v) is 8.32. The van der Waals surface area contributed by atoms with Gasteiger partial charge >= 0.3 is 0 Å². The minimum atomic E-state index is -0.0137. The van der Waals surface area contributed by atoms with E-state index in [0.717, 1.165) is 30.5 Å². The molecule has 0 N–H and O–H groups in total. The largest absolute Gasteiger partial charge is 0.370 e. The standard InChI is InChI=1S/C22H31N5O2/c1-25-12-19(11-24-25)13-26-14-21(29-17-18-6-5-9-23-10-18)15-27(22(28)16-26)20-7-3-2-4-8-20/h5-6,9-12,20-21H,2-4,7-8,13-17H2,1H3/t21-/m1/s1. The van der Waals surface area contributed by atoms with Crippen molar-refractivity contribution >= 4 is 5.91 Å². The molecule has 2 aromatic rings. The van der Waals surface area contributed by atoms with Crippen LogP contribution in [0.2, 0.25) is 0 Å². The quantitative estimate of drug-likeness (QED) is 0.749. The van der Waals surface area contributed by atoms with Crippen molar-refractivity contribution in [2.45, 2.75) is 57.4 Å². The summed E-state index contributed by atoms with van der Waals surface area (Å²) in [6, 6.07) is 4.32. The smallest absolute Gasteiger partial charge is 0.237 e. The van der Waals surface area contributed by atoms with Gasteiger partial charge in [-0.2, -0.15) is 5.10 Å². The highest BCUT2D eigenvalue weighted by Crippen LogP contribution is 2.25. The zero-order valence-corrected chi connectivity index (χ0v) is 17.2. The van der Waals surface area contributed by atoms with E-state index in [1.807, 2.05) is 37.8 Å². The molecule has 2 aromatic heterocycles. The first kappa shape index (κ1) is 20.0. The number of pyridine rings is 1. The molecule has 1 aliphatic carbocycles. The lowest BCUT2D eigenvalue weighted by molar-refractivity contribution is -0.135. The Bertz CT molecular complexity index is 788. The molecule has 0 bridgehead atoms. The van der Waals surface area contributed by atoms with E-state index in [9.17, 15) is 4.79 Å². The molecular weight excluding hydrogens is 366 g/mol. The molecule has 0 aromatic carbocycles. The molecule has 4 rings (SSSR count). The van der Waals surface area contributed by atoms with Crippen LogP contribution in [-0.2, 0) is 29.7 Å². The fourth-order valence-corrected chi connectivity index (χ4v) is 4.49. The Kier molecular flexibility index (Phi) is 6.56. The van der Waals surface area contributed by atoms with Crippen molar-refractivity contribution in [2.75, 3.05) is 19.6 Å². The van der Waals surface area contributed by atoms with Crippen LogP contribution in [0.5, 0.6) is 0 Å². The zero-order chi connectivity index (χ0) is 20.1. The Morgan fingerprint density at radius 1 is 1.14 bits per heavy atom. The van der Waals surface area contributed by atoms with E-state index < -0.39 is 0 Å². The number of ether oxygens (including phenoxy) is 1. The second-order valence-electron chi connectivity index (χ2n) is 8.32. The first-order chi connectivity index (χ1) is 14.2. The van der Waals surface area contributed by atoms with E-state index in [-0.39, 0.29) is 12.0 Å². The highest BCUT2D eigenvalue weighted by Gasteiger charge is 2.33. The van der Waals surface area contributed by atoms with Gasteiger partial charge in [0.15, 0.2) is 0 Å². The molecule has 156 valence electrons. The molecule has 0 radical (unpaired) electrons. The minimum absolute atomic E-state index is 0.0137.